The number of esters is 1. The molecule has 5 heteroatoms. The van der Waals surface area contributed by atoms with Gasteiger partial charge in [-0.05, 0) is 7.05 Å². The zero-order chi connectivity index (χ0) is 11.8. The van der Waals surface area contributed by atoms with Crippen LogP contribution in [0.5, 0.6) is 0 Å². The topological polar surface area (TPSA) is 67.4 Å². The molecule has 0 fully saturated rings. The van der Waals surface area contributed by atoms with Crippen molar-refractivity contribution in [2.45, 2.75) is 13.8 Å². The van der Waals surface area contributed by atoms with Crippen LogP contribution in [0.2, 0.25) is 0 Å². The Labute approximate surface area is 90.6 Å². The number of carbonyl (C=O) groups is 2. The van der Waals surface area contributed by atoms with E-state index in [1.54, 1.807) is 14.0 Å². The lowest BCUT2D eigenvalue weighted by Gasteiger charge is -2.14. The molecule has 5 nitrogen and oxygen atoms in total. The van der Waals surface area contributed by atoms with Crippen LogP contribution in [0.25, 0.3) is 0 Å². The van der Waals surface area contributed by atoms with Crippen LogP contribution in [-0.4, -0.2) is 39.1 Å². The van der Waals surface area contributed by atoms with Crippen molar-refractivity contribution in [2.75, 3.05) is 27.2 Å². The summed E-state index contributed by atoms with van der Waals surface area (Å²) in [6, 6.07) is 0. The van der Waals surface area contributed by atoms with Crippen molar-refractivity contribution in [2.24, 2.45) is 11.8 Å². The monoisotopic (exact) mass is 216 g/mol. The van der Waals surface area contributed by atoms with E-state index in [9.17, 15) is 9.59 Å². The summed E-state index contributed by atoms with van der Waals surface area (Å²) in [7, 11) is 3.13. The Bertz CT molecular complexity index is 219. The van der Waals surface area contributed by atoms with Crippen LogP contribution in [0.4, 0.5) is 0 Å². The van der Waals surface area contributed by atoms with Gasteiger partial charge in [-0.3, -0.25) is 9.59 Å². The van der Waals surface area contributed by atoms with Crippen molar-refractivity contribution in [1.29, 1.82) is 0 Å². The third kappa shape index (κ3) is 5.37. The molecule has 2 atom stereocenters. The predicted octanol–water partition coefficient (Wildman–Crippen LogP) is -0.233. The van der Waals surface area contributed by atoms with Gasteiger partial charge in [0.15, 0.2) is 0 Å². The fourth-order valence-corrected chi connectivity index (χ4v) is 1.11. The quantitative estimate of drug-likeness (QED) is 0.602. The Kier molecular flexibility index (Phi) is 6.70. The van der Waals surface area contributed by atoms with Gasteiger partial charge in [0.25, 0.3) is 0 Å². The van der Waals surface area contributed by atoms with Gasteiger partial charge in [-0.1, -0.05) is 13.8 Å². The molecular formula is C10H20N2O3. The van der Waals surface area contributed by atoms with Gasteiger partial charge in [-0.25, -0.2) is 0 Å². The number of amides is 1. The van der Waals surface area contributed by atoms with Crippen LogP contribution < -0.4 is 10.6 Å². The van der Waals surface area contributed by atoms with E-state index in [0.717, 1.165) is 0 Å². The standard InChI is InChI=1S/C10H20N2O3/c1-7(5-11-3)9(13)12-6-8(2)10(14)15-4/h7-8,11H,5-6H2,1-4H3,(H,12,13). The lowest BCUT2D eigenvalue weighted by Crippen LogP contribution is -2.38. The van der Waals surface area contributed by atoms with Crippen LogP contribution >= 0.6 is 0 Å². The normalized spacial score (nSPS) is 14.1. The minimum Gasteiger partial charge on any atom is -0.469 e. The van der Waals surface area contributed by atoms with Crippen LogP contribution in [0.1, 0.15) is 13.8 Å². The Balaban J connectivity index is 3.84. The lowest BCUT2D eigenvalue weighted by atomic mass is 10.1. The molecule has 0 aromatic rings. The van der Waals surface area contributed by atoms with Gasteiger partial charge >= 0.3 is 5.97 Å². The fourth-order valence-electron chi connectivity index (χ4n) is 1.11. The first kappa shape index (κ1) is 13.9. The van der Waals surface area contributed by atoms with Gasteiger partial charge in [0.2, 0.25) is 5.91 Å². The average molecular weight is 216 g/mol. The number of ether oxygens (including phenoxy) is 1. The second-order valence-corrected chi connectivity index (χ2v) is 3.63. The minimum absolute atomic E-state index is 0.0555. The Morgan fingerprint density at radius 1 is 1.20 bits per heavy atom. The maximum Gasteiger partial charge on any atom is 0.310 e. The van der Waals surface area contributed by atoms with E-state index in [4.69, 9.17) is 0 Å². The largest absolute Gasteiger partial charge is 0.469 e. The fraction of sp³-hybridized carbons (Fsp3) is 0.800. The molecule has 0 aliphatic carbocycles. The molecule has 0 heterocycles. The first-order valence-electron chi connectivity index (χ1n) is 5.03. The van der Waals surface area contributed by atoms with Crippen LogP contribution in [0.15, 0.2) is 0 Å². The van der Waals surface area contributed by atoms with E-state index in [2.05, 4.69) is 15.4 Å². The molecule has 0 spiro atoms. The molecule has 0 bridgehead atoms. The molecule has 0 saturated heterocycles. The zero-order valence-corrected chi connectivity index (χ0v) is 9.79. The van der Waals surface area contributed by atoms with Crippen molar-refractivity contribution in [3.8, 4) is 0 Å². The van der Waals surface area contributed by atoms with Gasteiger partial charge in [-0.15, -0.1) is 0 Å². The first-order chi connectivity index (χ1) is 7.02. The summed E-state index contributed by atoms with van der Waals surface area (Å²) in [6.07, 6.45) is 0. The van der Waals surface area contributed by atoms with Gasteiger partial charge in [0.05, 0.1) is 13.0 Å². The second-order valence-electron chi connectivity index (χ2n) is 3.63. The summed E-state index contributed by atoms with van der Waals surface area (Å²) in [5.41, 5.74) is 0. The van der Waals surface area contributed by atoms with E-state index in [0.29, 0.717) is 13.1 Å². The highest BCUT2D eigenvalue weighted by molar-refractivity contribution is 5.79. The highest BCUT2D eigenvalue weighted by atomic mass is 16.5. The summed E-state index contributed by atoms with van der Waals surface area (Å²) in [5, 5.41) is 5.62. The first-order valence-corrected chi connectivity index (χ1v) is 5.03. The van der Waals surface area contributed by atoms with E-state index >= 15 is 0 Å². The molecule has 0 rings (SSSR count). The number of methoxy groups -OCH3 is 1. The molecule has 88 valence electrons. The maximum absolute atomic E-state index is 11.4. The molecule has 0 aliphatic rings. The second kappa shape index (κ2) is 7.23. The molecule has 0 aliphatic heterocycles. The Morgan fingerprint density at radius 3 is 2.27 bits per heavy atom. The van der Waals surface area contributed by atoms with Gasteiger partial charge in [0.1, 0.15) is 0 Å². The van der Waals surface area contributed by atoms with Crippen molar-refractivity contribution in [3.63, 3.8) is 0 Å². The van der Waals surface area contributed by atoms with Crippen LogP contribution in [-0.2, 0) is 14.3 Å². The van der Waals surface area contributed by atoms with Gasteiger partial charge < -0.3 is 15.4 Å². The lowest BCUT2D eigenvalue weighted by molar-refractivity contribution is -0.144. The van der Waals surface area contributed by atoms with Gasteiger partial charge in [0, 0.05) is 19.0 Å². The number of hydrogen-bond donors (Lipinski definition) is 2. The molecule has 0 aromatic carbocycles. The molecule has 0 radical (unpaired) electrons. The number of nitrogens with one attached hydrogen (secondary N) is 2. The number of hydrogen-bond acceptors (Lipinski definition) is 4. The molecule has 0 saturated carbocycles. The summed E-state index contributed by atoms with van der Waals surface area (Å²) in [5.74, 6) is -0.766. The molecule has 1 amide bonds. The van der Waals surface area contributed by atoms with Crippen LogP contribution in [0, 0.1) is 11.8 Å². The highest BCUT2D eigenvalue weighted by Crippen LogP contribution is 1.97. The third-order valence-corrected chi connectivity index (χ3v) is 2.14. The molecular weight excluding hydrogens is 196 g/mol. The van der Waals surface area contributed by atoms with Crippen molar-refractivity contribution >= 4 is 11.9 Å². The van der Waals surface area contributed by atoms with Crippen molar-refractivity contribution in [1.82, 2.24) is 10.6 Å². The highest BCUT2D eigenvalue weighted by Gasteiger charge is 2.16. The van der Waals surface area contributed by atoms with Crippen LogP contribution in [0.3, 0.4) is 0 Å². The molecule has 2 unspecified atom stereocenters. The average Bonchev–Trinajstić information content (AvgIpc) is 2.24. The van der Waals surface area contributed by atoms with E-state index in [-0.39, 0.29) is 23.7 Å². The summed E-state index contributed by atoms with van der Waals surface area (Å²) < 4.78 is 4.55. The smallest absolute Gasteiger partial charge is 0.310 e. The zero-order valence-electron chi connectivity index (χ0n) is 9.79. The SMILES string of the molecule is CNCC(C)C(=O)NCC(C)C(=O)OC. The van der Waals surface area contributed by atoms with E-state index in [1.807, 2.05) is 6.92 Å². The van der Waals surface area contributed by atoms with E-state index < -0.39 is 0 Å². The third-order valence-electron chi connectivity index (χ3n) is 2.14. The Morgan fingerprint density at radius 2 is 1.80 bits per heavy atom. The van der Waals surface area contributed by atoms with E-state index in [1.165, 1.54) is 7.11 Å². The van der Waals surface area contributed by atoms with Crippen molar-refractivity contribution < 1.29 is 14.3 Å². The minimum atomic E-state index is -0.309. The van der Waals surface area contributed by atoms with Crippen molar-refractivity contribution in [3.05, 3.63) is 0 Å². The maximum atomic E-state index is 11.4. The molecule has 2 N–H and O–H groups in total. The predicted molar refractivity (Wildman–Crippen MR) is 57.3 cm³/mol. The summed E-state index contributed by atoms with van der Waals surface area (Å²) in [6.45, 7) is 4.49. The Hall–Kier alpha value is -1.10. The summed E-state index contributed by atoms with van der Waals surface area (Å²) in [4.78, 5) is 22.5. The number of rotatable bonds is 6. The summed E-state index contributed by atoms with van der Waals surface area (Å²) >= 11 is 0. The molecule has 15 heavy (non-hydrogen) atoms. The van der Waals surface area contributed by atoms with Gasteiger partial charge in [-0.2, -0.15) is 0 Å². The number of carbonyl (C=O) groups excluding carboxylic acids is 2. The molecule has 0 aromatic heterocycles.